The molecule has 0 spiro atoms. The number of carbonyl (C=O) groups excluding carboxylic acids is 1. The van der Waals surface area contributed by atoms with Gasteiger partial charge in [-0.3, -0.25) is 5.41 Å². The first-order valence-corrected chi connectivity index (χ1v) is 4.46. The van der Waals surface area contributed by atoms with Crippen molar-refractivity contribution in [2.45, 2.75) is 6.42 Å². The van der Waals surface area contributed by atoms with Crippen molar-refractivity contribution >= 4 is 11.9 Å². The summed E-state index contributed by atoms with van der Waals surface area (Å²) in [6, 6.07) is 6.95. The molecule has 0 aliphatic carbocycles. The van der Waals surface area contributed by atoms with Crippen molar-refractivity contribution in [2.75, 3.05) is 14.2 Å². The molecule has 0 aliphatic rings. The van der Waals surface area contributed by atoms with E-state index in [4.69, 9.17) is 10.1 Å². The topological polar surface area (TPSA) is 59.4 Å². The van der Waals surface area contributed by atoms with Crippen LogP contribution in [0.3, 0.4) is 0 Å². The van der Waals surface area contributed by atoms with Gasteiger partial charge in [0.15, 0.2) is 5.90 Å². The van der Waals surface area contributed by atoms with Crippen molar-refractivity contribution in [2.24, 2.45) is 0 Å². The first-order valence-electron chi connectivity index (χ1n) is 4.46. The molecule has 0 saturated carbocycles. The van der Waals surface area contributed by atoms with Crippen LogP contribution >= 0.6 is 0 Å². The molecule has 0 heterocycles. The predicted molar refractivity (Wildman–Crippen MR) is 56.2 cm³/mol. The maximum atomic E-state index is 11.2. The minimum absolute atomic E-state index is 0.164. The van der Waals surface area contributed by atoms with Crippen LogP contribution in [0.15, 0.2) is 24.3 Å². The van der Waals surface area contributed by atoms with Crippen LogP contribution in [-0.2, 0) is 15.9 Å². The van der Waals surface area contributed by atoms with E-state index in [9.17, 15) is 4.79 Å². The largest absolute Gasteiger partial charge is 0.484 e. The number of ether oxygens (including phenoxy) is 2. The summed E-state index contributed by atoms with van der Waals surface area (Å²) in [6.07, 6.45) is 0.376. The maximum absolute atomic E-state index is 11.2. The molecule has 1 rings (SSSR count). The van der Waals surface area contributed by atoms with Crippen LogP contribution in [0.25, 0.3) is 0 Å². The second kappa shape index (κ2) is 5.14. The number of hydrogen-bond acceptors (Lipinski definition) is 4. The zero-order valence-electron chi connectivity index (χ0n) is 8.74. The first-order chi connectivity index (χ1) is 7.17. The Hall–Kier alpha value is -1.84. The Labute approximate surface area is 88.3 Å². The molecule has 4 nitrogen and oxygen atoms in total. The number of nitrogens with one attached hydrogen (secondary N) is 1. The number of methoxy groups -OCH3 is 2. The summed E-state index contributed by atoms with van der Waals surface area (Å²) in [7, 11) is 2.79. The molecule has 0 radical (unpaired) electrons. The van der Waals surface area contributed by atoms with Crippen LogP contribution in [0.4, 0.5) is 0 Å². The Morgan fingerprint density at radius 1 is 1.33 bits per heavy atom. The van der Waals surface area contributed by atoms with E-state index < -0.39 is 0 Å². The summed E-state index contributed by atoms with van der Waals surface area (Å²) in [6.45, 7) is 0. The van der Waals surface area contributed by atoms with Crippen LogP contribution in [0.5, 0.6) is 0 Å². The van der Waals surface area contributed by atoms with E-state index in [1.807, 2.05) is 6.07 Å². The van der Waals surface area contributed by atoms with Crippen LogP contribution in [0.2, 0.25) is 0 Å². The average Bonchev–Trinajstić information content (AvgIpc) is 2.28. The molecule has 0 aromatic heterocycles. The SMILES string of the molecule is COC(=N)Cc1cccc(C(=O)OC)c1. The van der Waals surface area contributed by atoms with E-state index >= 15 is 0 Å². The van der Waals surface area contributed by atoms with Gasteiger partial charge in [-0.15, -0.1) is 0 Å². The maximum Gasteiger partial charge on any atom is 0.337 e. The van der Waals surface area contributed by atoms with Crippen molar-refractivity contribution in [3.63, 3.8) is 0 Å². The highest BCUT2D eigenvalue weighted by Gasteiger charge is 2.06. The number of esters is 1. The molecular formula is C11H13NO3. The second-order valence-corrected chi connectivity index (χ2v) is 3.00. The molecule has 0 bridgehead atoms. The summed E-state index contributed by atoms with van der Waals surface area (Å²) in [5.41, 5.74) is 1.34. The van der Waals surface area contributed by atoms with Gasteiger partial charge in [0.1, 0.15) is 0 Å². The molecule has 15 heavy (non-hydrogen) atoms. The van der Waals surface area contributed by atoms with E-state index in [0.717, 1.165) is 5.56 Å². The number of carbonyl (C=O) groups is 1. The van der Waals surface area contributed by atoms with Gasteiger partial charge >= 0.3 is 5.97 Å². The van der Waals surface area contributed by atoms with Crippen LogP contribution in [0, 0.1) is 5.41 Å². The molecule has 1 N–H and O–H groups in total. The van der Waals surface area contributed by atoms with Crippen LogP contribution < -0.4 is 0 Å². The fraction of sp³-hybridized carbons (Fsp3) is 0.273. The Morgan fingerprint density at radius 3 is 2.67 bits per heavy atom. The van der Waals surface area contributed by atoms with Gasteiger partial charge in [-0.2, -0.15) is 0 Å². The van der Waals surface area contributed by atoms with Crippen LogP contribution in [0.1, 0.15) is 15.9 Å². The molecule has 0 fully saturated rings. The lowest BCUT2D eigenvalue weighted by Gasteiger charge is -2.04. The lowest BCUT2D eigenvalue weighted by molar-refractivity contribution is 0.0600. The highest BCUT2D eigenvalue weighted by Crippen LogP contribution is 2.07. The fourth-order valence-electron chi connectivity index (χ4n) is 1.18. The van der Waals surface area contributed by atoms with E-state index in [0.29, 0.717) is 12.0 Å². The number of benzene rings is 1. The quantitative estimate of drug-likeness (QED) is 0.465. The minimum Gasteiger partial charge on any atom is -0.484 e. The van der Waals surface area contributed by atoms with Crippen molar-refractivity contribution in [1.29, 1.82) is 5.41 Å². The molecule has 0 saturated heterocycles. The number of hydrogen-bond donors (Lipinski definition) is 1. The van der Waals surface area contributed by atoms with E-state index in [1.54, 1.807) is 18.2 Å². The van der Waals surface area contributed by atoms with E-state index in [-0.39, 0.29) is 11.9 Å². The zero-order chi connectivity index (χ0) is 11.3. The summed E-state index contributed by atoms with van der Waals surface area (Å²) in [4.78, 5) is 11.2. The highest BCUT2D eigenvalue weighted by molar-refractivity contribution is 5.89. The molecule has 4 heteroatoms. The Balaban J connectivity index is 2.83. The standard InChI is InChI=1S/C11H13NO3/c1-14-10(12)7-8-4-3-5-9(6-8)11(13)15-2/h3-6,12H,7H2,1-2H3. The highest BCUT2D eigenvalue weighted by atomic mass is 16.5. The van der Waals surface area contributed by atoms with Gasteiger partial charge < -0.3 is 9.47 Å². The van der Waals surface area contributed by atoms with E-state index in [2.05, 4.69) is 4.74 Å². The lowest BCUT2D eigenvalue weighted by Crippen LogP contribution is -2.06. The molecule has 0 aliphatic heterocycles. The Bertz CT molecular complexity index is 374. The summed E-state index contributed by atoms with van der Waals surface area (Å²) < 4.78 is 9.35. The van der Waals surface area contributed by atoms with Crippen molar-refractivity contribution in [1.82, 2.24) is 0 Å². The van der Waals surface area contributed by atoms with Gasteiger partial charge in [0.05, 0.1) is 19.8 Å². The third-order valence-electron chi connectivity index (χ3n) is 1.96. The molecule has 0 unspecified atom stereocenters. The van der Waals surface area contributed by atoms with Gasteiger partial charge in [0.25, 0.3) is 0 Å². The van der Waals surface area contributed by atoms with Crippen LogP contribution in [-0.4, -0.2) is 26.1 Å². The summed E-state index contributed by atoms with van der Waals surface area (Å²) in [5.74, 6) is -0.210. The number of rotatable bonds is 3. The normalized spacial score (nSPS) is 9.47. The van der Waals surface area contributed by atoms with Gasteiger partial charge in [-0.1, -0.05) is 12.1 Å². The lowest BCUT2D eigenvalue weighted by atomic mass is 10.1. The molecule has 1 aromatic rings. The third-order valence-corrected chi connectivity index (χ3v) is 1.96. The Morgan fingerprint density at radius 2 is 2.07 bits per heavy atom. The zero-order valence-corrected chi connectivity index (χ0v) is 8.74. The minimum atomic E-state index is -0.374. The van der Waals surface area contributed by atoms with Crippen molar-refractivity contribution in [3.05, 3.63) is 35.4 Å². The van der Waals surface area contributed by atoms with Crippen molar-refractivity contribution < 1.29 is 14.3 Å². The van der Waals surface area contributed by atoms with Gasteiger partial charge in [0, 0.05) is 6.42 Å². The van der Waals surface area contributed by atoms with Gasteiger partial charge in [-0.05, 0) is 17.7 Å². The molecule has 1 aromatic carbocycles. The first kappa shape index (κ1) is 11.2. The second-order valence-electron chi connectivity index (χ2n) is 3.00. The third kappa shape index (κ3) is 3.09. The molecule has 0 atom stereocenters. The van der Waals surface area contributed by atoms with Crippen molar-refractivity contribution in [3.8, 4) is 0 Å². The van der Waals surface area contributed by atoms with Gasteiger partial charge in [-0.25, -0.2) is 4.79 Å². The summed E-state index contributed by atoms with van der Waals surface area (Å²) in [5, 5.41) is 7.36. The summed E-state index contributed by atoms with van der Waals surface area (Å²) >= 11 is 0. The monoisotopic (exact) mass is 207 g/mol. The molecular weight excluding hydrogens is 194 g/mol. The molecule has 80 valence electrons. The predicted octanol–water partition coefficient (Wildman–Crippen LogP) is 1.64. The van der Waals surface area contributed by atoms with Gasteiger partial charge in [0.2, 0.25) is 0 Å². The average molecular weight is 207 g/mol. The smallest absolute Gasteiger partial charge is 0.337 e. The molecule has 0 amide bonds. The Kier molecular flexibility index (Phi) is 3.85. The van der Waals surface area contributed by atoms with E-state index in [1.165, 1.54) is 14.2 Å². The fourth-order valence-corrected chi connectivity index (χ4v) is 1.18.